The van der Waals surface area contributed by atoms with Crippen molar-refractivity contribution in [2.24, 2.45) is 0 Å². The van der Waals surface area contributed by atoms with Crippen LogP contribution in [0.25, 0.3) is 10.6 Å². The average molecular weight is 350 g/mol. The van der Waals surface area contributed by atoms with E-state index < -0.39 is 11.7 Å². The van der Waals surface area contributed by atoms with Crippen LogP contribution in [0.1, 0.15) is 37.7 Å². The molecule has 0 atom stereocenters. The SMILES string of the molecule is CC(C)(C)OC(=O)NCCCNC(=O)c1cc(-c2cccs2)[nH]n1. The maximum Gasteiger partial charge on any atom is 0.407 e. The number of H-pyrrole nitrogens is 1. The second-order valence-electron chi connectivity index (χ2n) is 6.18. The number of ether oxygens (including phenoxy) is 1. The molecule has 0 bridgehead atoms. The molecule has 0 radical (unpaired) electrons. The van der Waals surface area contributed by atoms with Crippen molar-refractivity contribution < 1.29 is 14.3 Å². The maximum absolute atomic E-state index is 12.0. The van der Waals surface area contributed by atoms with Crippen molar-refractivity contribution in [2.45, 2.75) is 32.8 Å². The summed E-state index contributed by atoms with van der Waals surface area (Å²) in [6.45, 7) is 6.29. The van der Waals surface area contributed by atoms with Gasteiger partial charge in [0.15, 0.2) is 5.69 Å². The molecule has 0 unspecified atom stereocenters. The number of alkyl carbamates (subject to hydrolysis) is 1. The van der Waals surface area contributed by atoms with Gasteiger partial charge in [-0.1, -0.05) is 6.07 Å². The minimum Gasteiger partial charge on any atom is -0.444 e. The largest absolute Gasteiger partial charge is 0.444 e. The van der Waals surface area contributed by atoms with E-state index in [1.54, 1.807) is 38.2 Å². The average Bonchev–Trinajstić information content (AvgIpc) is 3.15. The van der Waals surface area contributed by atoms with Crippen molar-refractivity contribution in [3.05, 3.63) is 29.3 Å². The summed E-state index contributed by atoms with van der Waals surface area (Å²) in [6.07, 6.45) is 0.148. The van der Waals surface area contributed by atoms with Gasteiger partial charge >= 0.3 is 6.09 Å². The lowest BCUT2D eigenvalue weighted by Crippen LogP contribution is -2.34. The third-order valence-electron chi connectivity index (χ3n) is 2.90. The Kier molecular flexibility index (Phi) is 5.97. The van der Waals surface area contributed by atoms with Gasteiger partial charge in [0.2, 0.25) is 0 Å². The Morgan fingerprint density at radius 2 is 2.04 bits per heavy atom. The summed E-state index contributed by atoms with van der Waals surface area (Å²) >= 11 is 1.58. The molecule has 0 aliphatic carbocycles. The van der Waals surface area contributed by atoms with E-state index in [2.05, 4.69) is 20.8 Å². The molecule has 0 saturated heterocycles. The molecule has 0 saturated carbocycles. The summed E-state index contributed by atoms with van der Waals surface area (Å²) in [6, 6.07) is 5.63. The molecule has 0 aliphatic rings. The van der Waals surface area contributed by atoms with E-state index in [0.29, 0.717) is 25.2 Å². The van der Waals surface area contributed by atoms with Crippen molar-refractivity contribution in [1.82, 2.24) is 20.8 Å². The van der Waals surface area contributed by atoms with Gasteiger partial charge < -0.3 is 15.4 Å². The summed E-state index contributed by atoms with van der Waals surface area (Å²) in [4.78, 5) is 24.5. The van der Waals surface area contributed by atoms with E-state index in [-0.39, 0.29) is 5.91 Å². The van der Waals surface area contributed by atoms with Crippen LogP contribution in [-0.2, 0) is 4.74 Å². The molecule has 7 nitrogen and oxygen atoms in total. The number of amides is 2. The number of rotatable bonds is 6. The second kappa shape index (κ2) is 7.96. The quantitative estimate of drug-likeness (QED) is 0.698. The first-order chi connectivity index (χ1) is 11.3. The summed E-state index contributed by atoms with van der Waals surface area (Å²) in [5.41, 5.74) is 0.652. The lowest BCUT2D eigenvalue weighted by molar-refractivity contribution is 0.0527. The third-order valence-corrected chi connectivity index (χ3v) is 3.81. The van der Waals surface area contributed by atoms with Crippen LogP contribution in [0.2, 0.25) is 0 Å². The van der Waals surface area contributed by atoms with Gasteiger partial charge in [-0.25, -0.2) is 4.79 Å². The summed E-state index contributed by atoms with van der Waals surface area (Å²) < 4.78 is 5.12. The van der Waals surface area contributed by atoms with E-state index in [9.17, 15) is 9.59 Å². The first-order valence-corrected chi connectivity index (χ1v) is 8.57. The van der Waals surface area contributed by atoms with Crippen molar-refractivity contribution in [2.75, 3.05) is 13.1 Å². The summed E-state index contributed by atoms with van der Waals surface area (Å²) in [5.74, 6) is -0.244. The van der Waals surface area contributed by atoms with Crippen molar-refractivity contribution in [3.8, 4) is 10.6 Å². The van der Waals surface area contributed by atoms with Gasteiger partial charge in [-0.15, -0.1) is 11.3 Å². The van der Waals surface area contributed by atoms with E-state index >= 15 is 0 Å². The second-order valence-corrected chi connectivity index (χ2v) is 7.13. The number of aromatic nitrogens is 2. The normalized spacial score (nSPS) is 11.1. The number of carbonyl (C=O) groups excluding carboxylic acids is 2. The summed E-state index contributed by atoms with van der Waals surface area (Å²) in [5, 5.41) is 14.3. The smallest absolute Gasteiger partial charge is 0.407 e. The highest BCUT2D eigenvalue weighted by molar-refractivity contribution is 7.13. The lowest BCUT2D eigenvalue weighted by atomic mass is 10.2. The zero-order chi connectivity index (χ0) is 17.6. The number of nitrogens with one attached hydrogen (secondary N) is 3. The number of hydrogen-bond acceptors (Lipinski definition) is 5. The molecule has 130 valence electrons. The van der Waals surface area contributed by atoms with E-state index in [4.69, 9.17) is 4.74 Å². The van der Waals surface area contributed by atoms with Crippen molar-refractivity contribution in [1.29, 1.82) is 0 Å². The molecule has 2 aromatic rings. The van der Waals surface area contributed by atoms with Gasteiger partial charge in [0, 0.05) is 13.1 Å². The third kappa shape index (κ3) is 5.69. The highest BCUT2D eigenvalue weighted by Gasteiger charge is 2.15. The van der Waals surface area contributed by atoms with Gasteiger partial charge in [-0.05, 0) is 44.7 Å². The fraction of sp³-hybridized carbons (Fsp3) is 0.438. The Bertz CT molecular complexity index is 674. The first-order valence-electron chi connectivity index (χ1n) is 7.69. The highest BCUT2D eigenvalue weighted by atomic mass is 32.1. The van der Waals surface area contributed by atoms with Crippen LogP contribution in [0.5, 0.6) is 0 Å². The zero-order valence-electron chi connectivity index (χ0n) is 14.0. The van der Waals surface area contributed by atoms with Crippen LogP contribution in [0.15, 0.2) is 23.6 Å². The van der Waals surface area contributed by atoms with Gasteiger partial charge in [-0.3, -0.25) is 9.89 Å². The van der Waals surface area contributed by atoms with Gasteiger partial charge in [-0.2, -0.15) is 5.10 Å². The van der Waals surface area contributed by atoms with Crippen molar-refractivity contribution in [3.63, 3.8) is 0 Å². The van der Waals surface area contributed by atoms with Crippen LogP contribution < -0.4 is 10.6 Å². The van der Waals surface area contributed by atoms with Crippen LogP contribution in [0.3, 0.4) is 0 Å². The highest BCUT2D eigenvalue weighted by Crippen LogP contribution is 2.22. The molecule has 0 spiro atoms. The minimum atomic E-state index is -0.515. The van der Waals surface area contributed by atoms with Gasteiger partial charge in [0.1, 0.15) is 5.60 Å². The molecule has 24 heavy (non-hydrogen) atoms. The predicted octanol–water partition coefficient (Wildman–Crippen LogP) is 2.78. The van der Waals surface area contributed by atoms with Crippen molar-refractivity contribution >= 4 is 23.3 Å². The molecule has 2 heterocycles. The molecule has 3 N–H and O–H groups in total. The molecule has 2 amide bonds. The monoisotopic (exact) mass is 350 g/mol. The Morgan fingerprint density at radius 3 is 2.71 bits per heavy atom. The Hall–Kier alpha value is -2.35. The first kappa shape index (κ1) is 18.0. The Balaban J connectivity index is 1.68. The fourth-order valence-corrected chi connectivity index (χ4v) is 2.57. The van der Waals surface area contributed by atoms with Gasteiger partial charge in [0.25, 0.3) is 5.91 Å². The number of hydrogen-bond donors (Lipinski definition) is 3. The number of aromatic amines is 1. The van der Waals surface area contributed by atoms with Crippen LogP contribution in [0.4, 0.5) is 4.79 Å². The molecular formula is C16H22N4O3S. The van der Waals surface area contributed by atoms with E-state index in [1.807, 2.05) is 17.5 Å². The van der Waals surface area contributed by atoms with Crippen LogP contribution >= 0.6 is 11.3 Å². The number of thiophene rings is 1. The zero-order valence-corrected chi connectivity index (χ0v) is 14.8. The minimum absolute atomic E-state index is 0.244. The number of carbonyl (C=O) groups is 2. The van der Waals surface area contributed by atoms with E-state index in [0.717, 1.165) is 10.6 Å². The molecular weight excluding hydrogens is 328 g/mol. The standard InChI is InChI=1S/C16H22N4O3S/c1-16(2,3)23-15(22)18-8-5-7-17-14(21)12-10-11(19-20-12)13-6-4-9-24-13/h4,6,9-10H,5,7-8H2,1-3H3,(H,17,21)(H,18,22)(H,19,20). The van der Waals surface area contributed by atoms with E-state index in [1.165, 1.54) is 0 Å². The lowest BCUT2D eigenvalue weighted by Gasteiger charge is -2.19. The molecule has 2 aromatic heterocycles. The molecule has 0 fully saturated rings. The predicted molar refractivity (Wildman–Crippen MR) is 93.1 cm³/mol. The fourth-order valence-electron chi connectivity index (χ4n) is 1.88. The molecule has 2 rings (SSSR count). The summed E-state index contributed by atoms with van der Waals surface area (Å²) in [7, 11) is 0. The molecule has 0 aromatic carbocycles. The number of nitrogens with zero attached hydrogens (tertiary/aromatic N) is 1. The van der Waals surface area contributed by atoms with Crippen LogP contribution in [0, 0.1) is 0 Å². The topological polar surface area (TPSA) is 96.1 Å². The van der Waals surface area contributed by atoms with Crippen LogP contribution in [-0.4, -0.2) is 40.9 Å². The maximum atomic E-state index is 12.0. The molecule has 8 heteroatoms. The Morgan fingerprint density at radius 1 is 1.29 bits per heavy atom. The van der Waals surface area contributed by atoms with Gasteiger partial charge in [0.05, 0.1) is 10.6 Å². The molecule has 0 aliphatic heterocycles. The Labute approximate surface area is 144 Å².